The first kappa shape index (κ1) is 27.5. The standard InChI is InChI=1S/C30H35FN2O2S/c1-22-14-16-24(17-15-22)20-36-21-28(34)33(19-25-12-8-9-13-26(25)31)27(29(35)32-30(2,3)4)18-23-10-6-5-7-11-23/h5-17,27H,18-21H2,1-4H3,(H,32,35)/t27-/m1/s1. The van der Waals surface area contributed by atoms with Crippen molar-refractivity contribution in [3.05, 3.63) is 107 Å². The largest absolute Gasteiger partial charge is 0.350 e. The van der Waals surface area contributed by atoms with Gasteiger partial charge in [-0.2, -0.15) is 0 Å². The maximum absolute atomic E-state index is 14.6. The Morgan fingerprint density at radius 3 is 2.19 bits per heavy atom. The Balaban J connectivity index is 1.87. The van der Waals surface area contributed by atoms with E-state index in [1.54, 1.807) is 18.2 Å². The maximum atomic E-state index is 14.6. The van der Waals surface area contributed by atoms with Crippen molar-refractivity contribution in [2.75, 3.05) is 5.75 Å². The highest BCUT2D eigenvalue weighted by atomic mass is 32.2. The predicted octanol–water partition coefficient (Wildman–Crippen LogP) is 5.92. The molecule has 3 aromatic carbocycles. The molecule has 0 aliphatic heterocycles. The van der Waals surface area contributed by atoms with Crippen LogP contribution in [0.25, 0.3) is 0 Å². The average Bonchev–Trinajstić information content (AvgIpc) is 2.83. The van der Waals surface area contributed by atoms with Gasteiger partial charge in [0.25, 0.3) is 0 Å². The van der Waals surface area contributed by atoms with Crippen LogP contribution in [-0.4, -0.2) is 34.0 Å². The van der Waals surface area contributed by atoms with E-state index >= 15 is 0 Å². The maximum Gasteiger partial charge on any atom is 0.243 e. The highest BCUT2D eigenvalue weighted by Gasteiger charge is 2.32. The lowest BCUT2D eigenvalue weighted by atomic mass is 10.0. The minimum Gasteiger partial charge on any atom is -0.350 e. The fourth-order valence-corrected chi connectivity index (χ4v) is 4.71. The van der Waals surface area contributed by atoms with Crippen molar-refractivity contribution < 1.29 is 14.0 Å². The van der Waals surface area contributed by atoms with Crippen molar-refractivity contribution in [3.8, 4) is 0 Å². The lowest BCUT2D eigenvalue weighted by Crippen LogP contribution is -2.54. The number of carbonyl (C=O) groups excluding carboxylic acids is 2. The summed E-state index contributed by atoms with van der Waals surface area (Å²) in [5.41, 5.74) is 3.16. The summed E-state index contributed by atoms with van der Waals surface area (Å²) < 4.78 is 14.6. The van der Waals surface area contributed by atoms with Gasteiger partial charge in [-0.05, 0) is 44.9 Å². The number of halogens is 1. The number of carbonyl (C=O) groups is 2. The molecule has 6 heteroatoms. The topological polar surface area (TPSA) is 49.4 Å². The fraction of sp³-hybridized carbons (Fsp3) is 0.333. The Kier molecular flexibility index (Phi) is 9.71. The molecule has 0 aliphatic rings. The molecule has 4 nitrogen and oxygen atoms in total. The van der Waals surface area contributed by atoms with E-state index in [0.29, 0.717) is 17.7 Å². The van der Waals surface area contributed by atoms with Gasteiger partial charge in [0.05, 0.1) is 5.75 Å². The number of benzene rings is 3. The van der Waals surface area contributed by atoms with Crippen molar-refractivity contribution >= 4 is 23.6 Å². The van der Waals surface area contributed by atoms with E-state index < -0.39 is 17.4 Å². The van der Waals surface area contributed by atoms with E-state index in [9.17, 15) is 14.0 Å². The fourth-order valence-electron chi connectivity index (χ4n) is 3.84. The van der Waals surface area contributed by atoms with Crippen molar-refractivity contribution in [1.29, 1.82) is 0 Å². The molecule has 0 aromatic heterocycles. The average molecular weight is 507 g/mol. The Bertz CT molecular complexity index is 1140. The van der Waals surface area contributed by atoms with Gasteiger partial charge in [-0.1, -0.05) is 78.4 Å². The number of aryl methyl sites for hydroxylation is 1. The van der Waals surface area contributed by atoms with Crippen molar-refractivity contribution in [3.63, 3.8) is 0 Å². The molecular weight excluding hydrogens is 471 g/mol. The minimum absolute atomic E-state index is 0.0195. The van der Waals surface area contributed by atoms with E-state index in [-0.39, 0.29) is 24.1 Å². The van der Waals surface area contributed by atoms with E-state index in [0.717, 1.165) is 11.1 Å². The highest BCUT2D eigenvalue weighted by molar-refractivity contribution is 7.99. The summed E-state index contributed by atoms with van der Waals surface area (Å²) in [7, 11) is 0. The molecule has 190 valence electrons. The van der Waals surface area contributed by atoms with Gasteiger partial charge in [-0.3, -0.25) is 9.59 Å². The zero-order chi connectivity index (χ0) is 26.1. The van der Waals surface area contributed by atoms with Crippen LogP contribution < -0.4 is 5.32 Å². The Labute approximate surface area is 218 Å². The highest BCUT2D eigenvalue weighted by Crippen LogP contribution is 2.20. The third-order valence-electron chi connectivity index (χ3n) is 5.68. The van der Waals surface area contributed by atoms with E-state index in [1.807, 2.05) is 58.0 Å². The van der Waals surface area contributed by atoms with Crippen molar-refractivity contribution in [2.45, 2.75) is 58.0 Å². The number of hydrogen-bond acceptors (Lipinski definition) is 3. The normalized spacial score (nSPS) is 12.1. The molecule has 1 atom stereocenters. The lowest BCUT2D eigenvalue weighted by molar-refractivity contribution is -0.140. The first-order valence-electron chi connectivity index (χ1n) is 12.1. The third-order valence-corrected chi connectivity index (χ3v) is 6.67. The number of amides is 2. The summed E-state index contributed by atoms with van der Waals surface area (Å²) in [5.74, 6) is 0.0327. The monoisotopic (exact) mass is 506 g/mol. The van der Waals surface area contributed by atoms with Crippen molar-refractivity contribution in [1.82, 2.24) is 10.2 Å². The van der Waals surface area contributed by atoms with Crippen LogP contribution in [0.2, 0.25) is 0 Å². The van der Waals surface area contributed by atoms with E-state index in [2.05, 4.69) is 29.6 Å². The second-order valence-corrected chi connectivity index (χ2v) is 11.0. The summed E-state index contributed by atoms with van der Waals surface area (Å²) in [6.07, 6.45) is 0.339. The van der Waals surface area contributed by atoms with Crippen LogP contribution >= 0.6 is 11.8 Å². The molecule has 3 aromatic rings. The zero-order valence-electron chi connectivity index (χ0n) is 21.5. The minimum atomic E-state index is -0.779. The number of rotatable bonds is 10. The molecule has 1 N–H and O–H groups in total. The molecule has 0 fully saturated rings. The molecule has 0 bridgehead atoms. The number of thioether (sulfide) groups is 1. The zero-order valence-corrected chi connectivity index (χ0v) is 22.3. The number of nitrogens with zero attached hydrogens (tertiary/aromatic N) is 1. The van der Waals surface area contributed by atoms with Crippen LogP contribution in [0.4, 0.5) is 4.39 Å². The molecule has 0 aliphatic carbocycles. The van der Waals surface area contributed by atoms with Crippen LogP contribution in [0, 0.1) is 12.7 Å². The van der Waals surface area contributed by atoms with Crippen LogP contribution in [0.5, 0.6) is 0 Å². The molecular formula is C30H35FN2O2S. The Morgan fingerprint density at radius 2 is 1.56 bits per heavy atom. The van der Waals surface area contributed by atoms with Crippen LogP contribution in [-0.2, 0) is 28.3 Å². The molecule has 0 unspecified atom stereocenters. The molecule has 0 radical (unpaired) electrons. The molecule has 2 amide bonds. The molecule has 0 saturated carbocycles. The second-order valence-electron chi connectivity index (χ2n) is 10.0. The number of nitrogens with one attached hydrogen (secondary N) is 1. The smallest absolute Gasteiger partial charge is 0.243 e. The summed E-state index contributed by atoms with van der Waals surface area (Å²) in [4.78, 5) is 28.6. The van der Waals surface area contributed by atoms with Crippen molar-refractivity contribution in [2.24, 2.45) is 0 Å². The van der Waals surface area contributed by atoms with Gasteiger partial charge >= 0.3 is 0 Å². The van der Waals surface area contributed by atoms with Crippen LogP contribution in [0.1, 0.15) is 43.0 Å². The van der Waals surface area contributed by atoms with Gasteiger partial charge < -0.3 is 10.2 Å². The summed E-state index contributed by atoms with van der Waals surface area (Å²) >= 11 is 1.50. The molecule has 0 heterocycles. The van der Waals surface area contributed by atoms with Gasteiger partial charge in [0.1, 0.15) is 11.9 Å². The summed E-state index contributed by atoms with van der Waals surface area (Å²) in [6.45, 7) is 7.78. The second kappa shape index (κ2) is 12.7. The molecule has 3 rings (SSSR count). The van der Waals surface area contributed by atoms with Gasteiger partial charge in [-0.25, -0.2) is 4.39 Å². The van der Waals surface area contributed by atoms with Crippen LogP contribution in [0.3, 0.4) is 0 Å². The number of hydrogen-bond donors (Lipinski definition) is 1. The molecule has 0 saturated heterocycles. The van der Waals surface area contributed by atoms with Crippen LogP contribution in [0.15, 0.2) is 78.9 Å². The van der Waals surface area contributed by atoms with Gasteiger partial charge in [0.15, 0.2) is 0 Å². The SMILES string of the molecule is Cc1ccc(CSCC(=O)N(Cc2ccccc2F)[C@H](Cc2ccccc2)C(=O)NC(C)(C)C)cc1. The van der Waals surface area contributed by atoms with Gasteiger partial charge in [-0.15, -0.1) is 11.8 Å². The summed E-state index contributed by atoms with van der Waals surface area (Å²) in [6, 6.07) is 23.5. The summed E-state index contributed by atoms with van der Waals surface area (Å²) in [5, 5.41) is 3.03. The lowest BCUT2D eigenvalue weighted by Gasteiger charge is -2.34. The molecule has 0 spiro atoms. The van der Waals surface area contributed by atoms with Gasteiger partial charge in [0, 0.05) is 29.8 Å². The predicted molar refractivity (Wildman–Crippen MR) is 146 cm³/mol. The quantitative estimate of drug-likeness (QED) is 0.371. The Morgan fingerprint density at radius 1 is 0.917 bits per heavy atom. The first-order chi connectivity index (χ1) is 17.1. The first-order valence-corrected chi connectivity index (χ1v) is 13.3. The molecule has 36 heavy (non-hydrogen) atoms. The van der Waals surface area contributed by atoms with E-state index in [1.165, 1.54) is 28.3 Å². The Hall–Kier alpha value is -3.12. The van der Waals surface area contributed by atoms with Gasteiger partial charge in [0.2, 0.25) is 11.8 Å². The third kappa shape index (κ3) is 8.52. The van der Waals surface area contributed by atoms with E-state index in [4.69, 9.17) is 0 Å².